The van der Waals surface area contributed by atoms with Crippen LogP contribution in [0.1, 0.15) is 0 Å². The third kappa shape index (κ3) is 1.19. The third-order valence-corrected chi connectivity index (χ3v) is 2.85. The van der Waals surface area contributed by atoms with E-state index in [-0.39, 0.29) is 0 Å². The molecule has 12 heavy (non-hydrogen) atoms. The molecule has 0 radical (unpaired) electrons. The average Bonchev–Trinajstić information content (AvgIpc) is 2.28. The molecule has 0 amide bonds. The minimum absolute atomic E-state index is 0.890. The Kier molecular flexibility index (Phi) is 1.96. The van der Waals surface area contributed by atoms with Crippen LogP contribution < -0.4 is 0 Å². The van der Waals surface area contributed by atoms with Crippen molar-refractivity contribution in [1.82, 2.24) is 9.78 Å². The largest absolute Gasteiger partial charge is 0.267 e. The molecule has 2 aromatic rings. The van der Waals surface area contributed by atoms with Gasteiger partial charge in [0, 0.05) is 16.9 Å². The van der Waals surface area contributed by atoms with Gasteiger partial charge in [0.2, 0.25) is 0 Å². The number of hydrogen-bond donors (Lipinski definition) is 0. The van der Waals surface area contributed by atoms with E-state index in [4.69, 9.17) is 0 Å². The highest BCUT2D eigenvalue weighted by Crippen LogP contribution is 2.25. The summed E-state index contributed by atoms with van der Waals surface area (Å²) in [6.07, 6.45) is 0. The first kappa shape index (κ1) is 8.26. The fourth-order valence-corrected chi connectivity index (χ4v) is 2.11. The number of aromatic nitrogens is 2. The van der Waals surface area contributed by atoms with E-state index in [0.717, 1.165) is 20.0 Å². The maximum absolute atomic E-state index is 4.24. The smallest absolute Gasteiger partial charge is 0.136 e. The standard InChI is InChI=1S/C8H6Br2N2/c1-12-7-3-2-5(9)4-6(7)8(10)11-12/h2-4H,1H3. The minimum atomic E-state index is 0.890. The van der Waals surface area contributed by atoms with Crippen LogP contribution in [0.2, 0.25) is 0 Å². The monoisotopic (exact) mass is 288 g/mol. The second-order valence-corrected chi connectivity index (χ2v) is 4.24. The fourth-order valence-electron chi connectivity index (χ4n) is 1.20. The number of rotatable bonds is 0. The normalized spacial score (nSPS) is 10.9. The van der Waals surface area contributed by atoms with E-state index in [1.807, 2.05) is 29.9 Å². The van der Waals surface area contributed by atoms with Crippen LogP contribution >= 0.6 is 31.9 Å². The highest BCUT2D eigenvalue weighted by Gasteiger charge is 2.04. The summed E-state index contributed by atoms with van der Waals surface area (Å²) in [6, 6.07) is 6.10. The molecule has 0 aliphatic heterocycles. The fraction of sp³-hybridized carbons (Fsp3) is 0.125. The van der Waals surface area contributed by atoms with Crippen LogP contribution in [-0.2, 0) is 7.05 Å². The summed E-state index contributed by atoms with van der Waals surface area (Å²) in [4.78, 5) is 0. The van der Waals surface area contributed by atoms with E-state index in [1.165, 1.54) is 0 Å². The lowest BCUT2D eigenvalue weighted by Crippen LogP contribution is -1.88. The van der Waals surface area contributed by atoms with Crippen molar-refractivity contribution in [2.24, 2.45) is 7.05 Å². The molecule has 0 aliphatic rings. The topological polar surface area (TPSA) is 17.8 Å². The molecule has 0 spiro atoms. The van der Waals surface area contributed by atoms with E-state index < -0.39 is 0 Å². The summed E-state index contributed by atoms with van der Waals surface area (Å²) < 4.78 is 3.82. The quantitative estimate of drug-likeness (QED) is 0.729. The molecule has 62 valence electrons. The Balaban J connectivity index is 2.90. The molecule has 1 heterocycles. The number of hydrogen-bond acceptors (Lipinski definition) is 1. The van der Waals surface area contributed by atoms with Crippen LogP contribution in [0.15, 0.2) is 27.3 Å². The maximum atomic E-state index is 4.24. The van der Waals surface area contributed by atoms with Gasteiger partial charge in [-0.25, -0.2) is 0 Å². The maximum Gasteiger partial charge on any atom is 0.136 e. The zero-order chi connectivity index (χ0) is 8.72. The molecular weight excluding hydrogens is 284 g/mol. The third-order valence-electron chi connectivity index (χ3n) is 1.77. The number of nitrogens with zero attached hydrogens (tertiary/aromatic N) is 2. The van der Waals surface area contributed by atoms with Crippen LogP contribution in [0.25, 0.3) is 10.9 Å². The van der Waals surface area contributed by atoms with Crippen molar-refractivity contribution < 1.29 is 0 Å². The van der Waals surface area contributed by atoms with Gasteiger partial charge in [-0.3, -0.25) is 4.68 Å². The first-order valence-electron chi connectivity index (χ1n) is 3.46. The highest BCUT2D eigenvalue weighted by atomic mass is 79.9. The van der Waals surface area contributed by atoms with E-state index in [0.29, 0.717) is 0 Å². The van der Waals surface area contributed by atoms with E-state index in [9.17, 15) is 0 Å². The molecule has 0 saturated carbocycles. The van der Waals surface area contributed by atoms with Crippen molar-refractivity contribution in [3.63, 3.8) is 0 Å². The van der Waals surface area contributed by atoms with Crippen molar-refractivity contribution in [2.45, 2.75) is 0 Å². The Morgan fingerprint density at radius 1 is 1.33 bits per heavy atom. The van der Waals surface area contributed by atoms with Crippen LogP contribution in [0.5, 0.6) is 0 Å². The van der Waals surface area contributed by atoms with Crippen LogP contribution in [0.3, 0.4) is 0 Å². The van der Waals surface area contributed by atoms with Gasteiger partial charge in [0.15, 0.2) is 0 Å². The summed E-state index contributed by atoms with van der Waals surface area (Å²) in [6.45, 7) is 0. The number of fused-ring (bicyclic) bond motifs is 1. The van der Waals surface area contributed by atoms with E-state index in [1.54, 1.807) is 0 Å². The molecule has 0 bridgehead atoms. The van der Waals surface area contributed by atoms with Crippen molar-refractivity contribution in [3.8, 4) is 0 Å². The Hall–Kier alpha value is -0.350. The molecule has 0 atom stereocenters. The van der Waals surface area contributed by atoms with Gasteiger partial charge in [-0.2, -0.15) is 5.10 Å². The molecule has 0 fully saturated rings. The van der Waals surface area contributed by atoms with Crippen molar-refractivity contribution >= 4 is 42.8 Å². The molecule has 2 nitrogen and oxygen atoms in total. The molecule has 0 saturated heterocycles. The molecule has 0 N–H and O–H groups in total. The number of halogens is 2. The molecule has 0 aliphatic carbocycles. The predicted octanol–water partition coefficient (Wildman–Crippen LogP) is 3.10. The molecular formula is C8H6Br2N2. The van der Waals surface area contributed by atoms with Gasteiger partial charge >= 0.3 is 0 Å². The van der Waals surface area contributed by atoms with Crippen LogP contribution in [0.4, 0.5) is 0 Å². The van der Waals surface area contributed by atoms with Gasteiger partial charge in [-0.05, 0) is 34.1 Å². The summed E-state index contributed by atoms with van der Waals surface area (Å²) in [5.41, 5.74) is 1.13. The second kappa shape index (κ2) is 2.85. The number of aryl methyl sites for hydroxylation is 1. The Morgan fingerprint density at radius 2 is 2.08 bits per heavy atom. The summed E-state index contributed by atoms with van der Waals surface area (Å²) in [5, 5.41) is 5.38. The summed E-state index contributed by atoms with van der Waals surface area (Å²) in [5.74, 6) is 0. The first-order chi connectivity index (χ1) is 5.68. The molecule has 1 aromatic heterocycles. The van der Waals surface area contributed by atoms with Crippen LogP contribution in [-0.4, -0.2) is 9.78 Å². The van der Waals surface area contributed by atoms with Gasteiger partial charge in [-0.1, -0.05) is 15.9 Å². The zero-order valence-electron chi connectivity index (χ0n) is 6.38. The molecule has 4 heteroatoms. The first-order valence-corrected chi connectivity index (χ1v) is 5.05. The van der Waals surface area contributed by atoms with Gasteiger partial charge in [0.25, 0.3) is 0 Å². The van der Waals surface area contributed by atoms with Gasteiger partial charge in [0.05, 0.1) is 5.52 Å². The van der Waals surface area contributed by atoms with E-state index >= 15 is 0 Å². The van der Waals surface area contributed by atoms with Crippen molar-refractivity contribution in [1.29, 1.82) is 0 Å². The Labute approximate surface area is 86.8 Å². The van der Waals surface area contributed by atoms with Crippen molar-refractivity contribution in [3.05, 3.63) is 27.3 Å². The molecule has 0 unspecified atom stereocenters. The summed E-state index contributed by atoms with van der Waals surface area (Å²) in [7, 11) is 1.93. The summed E-state index contributed by atoms with van der Waals surface area (Å²) >= 11 is 6.82. The average molecular weight is 290 g/mol. The zero-order valence-corrected chi connectivity index (χ0v) is 9.55. The lowest BCUT2D eigenvalue weighted by atomic mass is 10.3. The lowest BCUT2D eigenvalue weighted by Gasteiger charge is -1.93. The Morgan fingerprint density at radius 3 is 2.83 bits per heavy atom. The Bertz CT molecular complexity index is 434. The van der Waals surface area contributed by atoms with E-state index in [2.05, 4.69) is 37.0 Å². The minimum Gasteiger partial charge on any atom is -0.267 e. The number of benzene rings is 1. The molecule has 1 aromatic carbocycles. The van der Waals surface area contributed by atoms with Crippen molar-refractivity contribution in [2.75, 3.05) is 0 Å². The van der Waals surface area contributed by atoms with Gasteiger partial charge in [0.1, 0.15) is 4.60 Å². The molecule has 2 rings (SSSR count). The van der Waals surface area contributed by atoms with Gasteiger partial charge < -0.3 is 0 Å². The lowest BCUT2D eigenvalue weighted by molar-refractivity contribution is 0.788. The second-order valence-electron chi connectivity index (χ2n) is 2.58. The highest BCUT2D eigenvalue weighted by molar-refractivity contribution is 9.11. The predicted molar refractivity (Wildman–Crippen MR) is 56.1 cm³/mol. The SMILES string of the molecule is Cn1nc(Br)c2cc(Br)ccc21. The van der Waals surface area contributed by atoms with Gasteiger partial charge in [-0.15, -0.1) is 0 Å². The van der Waals surface area contributed by atoms with Crippen LogP contribution in [0, 0.1) is 0 Å².